The van der Waals surface area contributed by atoms with Gasteiger partial charge in [-0.25, -0.2) is 9.97 Å². The number of carbonyl (C=O) groups excluding carboxylic acids is 2. The van der Waals surface area contributed by atoms with Crippen molar-refractivity contribution < 1.29 is 14.7 Å². The van der Waals surface area contributed by atoms with E-state index in [1.54, 1.807) is 17.3 Å². The molecule has 1 aliphatic heterocycles. The van der Waals surface area contributed by atoms with E-state index in [0.29, 0.717) is 35.5 Å². The van der Waals surface area contributed by atoms with E-state index in [9.17, 15) is 14.7 Å². The Balaban J connectivity index is 1.75. The number of hydrogen-bond donors (Lipinski definition) is 4. The van der Waals surface area contributed by atoms with Crippen LogP contribution in [-0.2, 0) is 4.79 Å². The maximum Gasteiger partial charge on any atom is 0.255 e. The lowest BCUT2D eigenvalue weighted by molar-refractivity contribution is -0.129. The second kappa shape index (κ2) is 7.75. The summed E-state index contributed by atoms with van der Waals surface area (Å²) in [6.45, 7) is 7.98. The van der Waals surface area contributed by atoms with Crippen molar-refractivity contribution in [1.29, 1.82) is 0 Å². The molecule has 3 rings (SSSR count). The molecule has 0 spiro atoms. The van der Waals surface area contributed by atoms with Crippen molar-refractivity contribution in [3.05, 3.63) is 30.6 Å². The first-order chi connectivity index (χ1) is 12.9. The summed E-state index contributed by atoms with van der Waals surface area (Å²) < 4.78 is 0. The van der Waals surface area contributed by atoms with E-state index < -0.39 is 6.10 Å². The molecule has 2 aromatic rings. The Hall–Kier alpha value is -2.94. The number of piperidine rings is 1. The molecule has 27 heavy (non-hydrogen) atoms. The number of nitrogens with one attached hydrogen (secondary N) is 3. The zero-order valence-corrected chi connectivity index (χ0v) is 15.4. The summed E-state index contributed by atoms with van der Waals surface area (Å²) in [5.41, 5.74) is 1.40. The third-order valence-corrected chi connectivity index (χ3v) is 4.45. The first-order valence-electron chi connectivity index (χ1n) is 8.90. The minimum absolute atomic E-state index is 0.00956. The number of aliphatic hydroxyl groups excluding tert-OH is 1. The molecule has 0 aromatic carbocycles. The zero-order chi connectivity index (χ0) is 19.6. The fraction of sp³-hybridized carbons (Fsp3) is 0.444. The van der Waals surface area contributed by atoms with Crippen molar-refractivity contribution >= 4 is 28.8 Å². The maximum absolute atomic E-state index is 12.3. The Bertz CT molecular complexity index is 862. The number of rotatable bonds is 5. The number of aromatic amines is 1. The Morgan fingerprint density at radius 2 is 2.26 bits per heavy atom. The highest BCUT2D eigenvalue weighted by atomic mass is 16.3. The van der Waals surface area contributed by atoms with E-state index in [1.165, 1.54) is 6.08 Å². The highest BCUT2D eigenvalue weighted by Gasteiger charge is 2.29. The van der Waals surface area contributed by atoms with Crippen LogP contribution in [0.4, 0.5) is 5.82 Å². The lowest BCUT2D eigenvalue weighted by Crippen LogP contribution is -2.51. The van der Waals surface area contributed by atoms with Crippen LogP contribution in [0.25, 0.3) is 11.2 Å². The molecule has 0 bridgehead atoms. The first kappa shape index (κ1) is 18.8. The Labute approximate surface area is 156 Å². The van der Waals surface area contributed by atoms with Gasteiger partial charge in [0.25, 0.3) is 5.91 Å². The van der Waals surface area contributed by atoms with Crippen LogP contribution >= 0.6 is 0 Å². The number of likely N-dealkylation sites (tertiary alicyclic amines) is 1. The average Bonchev–Trinajstić information content (AvgIpc) is 3.05. The van der Waals surface area contributed by atoms with Crippen LogP contribution in [0.2, 0.25) is 0 Å². The number of anilines is 1. The topological polar surface area (TPSA) is 123 Å². The van der Waals surface area contributed by atoms with Crippen molar-refractivity contribution in [2.45, 2.75) is 38.5 Å². The van der Waals surface area contributed by atoms with Crippen LogP contribution in [0.5, 0.6) is 0 Å². The summed E-state index contributed by atoms with van der Waals surface area (Å²) in [4.78, 5) is 37.3. The Morgan fingerprint density at radius 1 is 1.48 bits per heavy atom. The number of β-amino-alcohol motifs (C(OH)–C–C–N with tert-alkyl or cyclic N) is 1. The first-order valence-corrected chi connectivity index (χ1v) is 8.90. The highest BCUT2D eigenvalue weighted by Crippen LogP contribution is 2.20. The number of amides is 2. The molecule has 3 heterocycles. The monoisotopic (exact) mass is 372 g/mol. The van der Waals surface area contributed by atoms with E-state index in [0.717, 1.165) is 0 Å². The molecular weight excluding hydrogens is 348 g/mol. The fourth-order valence-corrected chi connectivity index (χ4v) is 3.09. The quantitative estimate of drug-likeness (QED) is 0.572. The third kappa shape index (κ3) is 4.08. The van der Waals surface area contributed by atoms with Gasteiger partial charge in [-0.05, 0) is 26.3 Å². The molecule has 144 valence electrons. The highest BCUT2D eigenvalue weighted by molar-refractivity contribution is 6.04. The van der Waals surface area contributed by atoms with Gasteiger partial charge in [0.1, 0.15) is 11.3 Å². The second-order valence-electron chi connectivity index (χ2n) is 6.88. The van der Waals surface area contributed by atoms with Gasteiger partial charge in [0.2, 0.25) is 5.91 Å². The molecule has 2 aromatic heterocycles. The maximum atomic E-state index is 12.3. The Morgan fingerprint density at radius 3 is 2.93 bits per heavy atom. The number of carbonyl (C=O) groups is 2. The van der Waals surface area contributed by atoms with Crippen molar-refractivity contribution in [3.63, 3.8) is 0 Å². The summed E-state index contributed by atoms with van der Waals surface area (Å²) in [5.74, 6) is 0.0501. The van der Waals surface area contributed by atoms with Crippen LogP contribution in [0.3, 0.4) is 0 Å². The number of aromatic nitrogens is 3. The number of hydrogen-bond acceptors (Lipinski definition) is 6. The van der Waals surface area contributed by atoms with Gasteiger partial charge in [0.15, 0.2) is 5.65 Å². The lowest BCUT2D eigenvalue weighted by Gasteiger charge is -2.35. The minimum atomic E-state index is -0.741. The molecule has 0 radical (unpaired) electrons. The zero-order valence-electron chi connectivity index (χ0n) is 15.4. The van der Waals surface area contributed by atoms with E-state index in [1.807, 2.05) is 13.8 Å². The van der Waals surface area contributed by atoms with Gasteiger partial charge in [-0.2, -0.15) is 0 Å². The largest absolute Gasteiger partial charge is 0.389 e. The molecule has 2 amide bonds. The van der Waals surface area contributed by atoms with Crippen LogP contribution in [-0.4, -0.2) is 68.0 Å². The molecule has 9 heteroatoms. The average molecular weight is 372 g/mol. The molecule has 0 saturated carbocycles. The summed E-state index contributed by atoms with van der Waals surface area (Å²) in [6, 6.07) is -0.257. The molecule has 9 nitrogen and oxygen atoms in total. The predicted molar refractivity (Wildman–Crippen MR) is 101 cm³/mol. The van der Waals surface area contributed by atoms with E-state index in [-0.39, 0.29) is 30.4 Å². The summed E-state index contributed by atoms with van der Waals surface area (Å²) in [5, 5.41) is 16.3. The van der Waals surface area contributed by atoms with Gasteiger partial charge in [0.05, 0.1) is 23.9 Å². The molecule has 1 aliphatic rings. The van der Waals surface area contributed by atoms with E-state index >= 15 is 0 Å². The molecule has 1 fully saturated rings. The number of aliphatic hydroxyl groups is 1. The fourth-order valence-electron chi connectivity index (χ4n) is 3.09. The molecule has 2 atom stereocenters. The van der Waals surface area contributed by atoms with Crippen LogP contribution in [0, 0.1) is 0 Å². The summed E-state index contributed by atoms with van der Waals surface area (Å²) >= 11 is 0. The van der Waals surface area contributed by atoms with Gasteiger partial charge in [-0.3, -0.25) is 9.59 Å². The lowest BCUT2D eigenvalue weighted by atomic mass is 10.0. The Kier molecular flexibility index (Phi) is 5.41. The summed E-state index contributed by atoms with van der Waals surface area (Å²) in [7, 11) is 0. The smallest absolute Gasteiger partial charge is 0.255 e. The number of fused-ring (bicyclic) bond motifs is 1. The standard InChI is InChI=1S/C18H24N6O3/c1-4-15(26)24-6-5-12(13(25)9-24)22-14-8-20-17-16(23-14)11(7-19-17)18(27)21-10(2)3/h4,7-8,10,12-13,25H,1,5-6,9H2,2-3H3,(H,19,20)(H,21,27)(H,22,23)/t12-,13-/m1/s1. The number of nitrogens with zero attached hydrogens (tertiary/aromatic N) is 3. The third-order valence-electron chi connectivity index (χ3n) is 4.45. The van der Waals surface area contributed by atoms with Gasteiger partial charge in [0, 0.05) is 25.3 Å². The van der Waals surface area contributed by atoms with Crippen molar-refractivity contribution in [1.82, 2.24) is 25.2 Å². The predicted octanol–water partition coefficient (Wildman–Crippen LogP) is 0.656. The van der Waals surface area contributed by atoms with E-state index in [4.69, 9.17) is 0 Å². The molecule has 0 unspecified atom stereocenters. The van der Waals surface area contributed by atoms with Gasteiger partial charge < -0.3 is 25.6 Å². The molecular formula is C18H24N6O3. The second-order valence-corrected chi connectivity index (χ2v) is 6.88. The normalized spacial score (nSPS) is 19.9. The van der Waals surface area contributed by atoms with Crippen molar-refractivity contribution in [3.8, 4) is 0 Å². The molecule has 1 saturated heterocycles. The van der Waals surface area contributed by atoms with Crippen LogP contribution in [0.15, 0.2) is 25.0 Å². The molecule has 4 N–H and O–H groups in total. The SMILES string of the molecule is C=CC(=O)N1CC[C@@H](Nc2cnc3[nH]cc(C(=O)NC(C)C)c3n2)[C@H](O)C1. The van der Waals surface area contributed by atoms with Crippen LogP contribution < -0.4 is 10.6 Å². The van der Waals surface area contributed by atoms with Crippen LogP contribution in [0.1, 0.15) is 30.6 Å². The van der Waals surface area contributed by atoms with Crippen molar-refractivity contribution in [2.24, 2.45) is 0 Å². The van der Waals surface area contributed by atoms with Gasteiger partial charge in [-0.15, -0.1) is 0 Å². The number of H-pyrrole nitrogens is 1. The molecule has 0 aliphatic carbocycles. The van der Waals surface area contributed by atoms with E-state index in [2.05, 4.69) is 32.2 Å². The van der Waals surface area contributed by atoms with Crippen molar-refractivity contribution in [2.75, 3.05) is 18.4 Å². The van der Waals surface area contributed by atoms with Gasteiger partial charge >= 0.3 is 0 Å². The summed E-state index contributed by atoms with van der Waals surface area (Å²) in [6.07, 6.45) is 4.20. The minimum Gasteiger partial charge on any atom is -0.389 e. The van der Waals surface area contributed by atoms with Gasteiger partial charge in [-0.1, -0.05) is 6.58 Å².